The minimum Gasteiger partial charge on any atom is -0.462 e. The van der Waals surface area contributed by atoms with Gasteiger partial charge >= 0.3 is 5.97 Å². The van der Waals surface area contributed by atoms with Gasteiger partial charge in [-0.25, -0.2) is 17.6 Å². The number of carbonyl (C=O) groups excluding carboxylic acids is 1. The fourth-order valence-electron chi connectivity index (χ4n) is 3.61. The van der Waals surface area contributed by atoms with Crippen molar-refractivity contribution in [2.24, 2.45) is 0 Å². The topological polar surface area (TPSA) is 76.8 Å². The number of halogens is 1. The Kier molecular flexibility index (Phi) is 4.89. The Balaban J connectivity index is 2.02. The fraction of sp³-hybridized carbons (Fsp3) is 0.227. The van der Waals surface area contributed by atoms with E-state index in [4.69, 9.17) is 9.15 Å². The van der Waals surface area contributed by atoms with Crippen LogP contribution in [-0.2, 0) is 14.8 Å². The van der Waals surface area contributed by atoms with E-state index in [2.05, 4.69) is 0 Å². The smallest absolute Gasteiger partial charge is 0.342 e. The van der Waals surface area contributed by atoms with E-state index in [1.54, 1.807) is 19.1 Å². The highest BCUT2D eigenvalue weighted by atomic mass is 32.2. The van der Waals surface area contributed by atoms with Crippen LogP contribution in [0.4, 0.5) is 10.1 Å². The molecule has 2 aromatic carbocycles. The molecular formula is C22H20FNO5S. The third kappa shape index (κ3) is 3.37. The maximum Gasteiger partial charge on any atom is 0.342 e. The van der Waals surface area contributed by atoms with Gasteiger partial charge in [0.25, 0.3) is 0 Å². The number of hydrogen-bond donors (Lipinski definition) is 0. The lowest BCUT2D eigenvalue weighted by Crippen LogP contribution is -2.32. The molecular weight excluding hydrogens is 409 g/mol. The molecule has 6 nitrogen and oxygen atoms in total. The minimum absolute atomic E-state index is 0.181. The van der Waals surface area contributed by atoms with Crippen molar-refractivity contribution in [3.63, 3.8) is 0 Å². The van der Waals surface area contributed by atoms with E-state index < -0.39 is 21.8 Å². The van der Waals surface area contributed by atoms with Crippen molar-refractivity contribution in [3.05, 3.63) is 59.4 Å². The first-order valence-corrected chi connectivity index (χ1v) is 11.2. The van der Waals surface area contributed by atoms with E-state index in [1.165, 1.54) is 28.6 Å². The number of carbonyl (C=O) groups is 1. The highest BCUT2D eigenvalue weighted by Crippen LogP contribution is 2.41. The number of esters is 1. The van der Waals surface area contributed by atoms with Gasteiger partial charge in [-0.2, -0.15) is 0 Å². The number of ether oxygens (including phenoxy) is 1. The van der Waals surface area contributed by atoms with Crippen LogP contribution in [0.1, 0.15) is 29.8 Å². The molecule has 156 valence electrons. The summed E-state index contributed by atoms with van der Waals surface area (Å²) in [6.45, 7) is 3.99. The van der Waals surface area contributed by atoms with E-state index in [-0.39, 0.29) is 24.5 Å². The summed E-state index contributed by atoms with van der Waals surface area (Å²) in [5.74, 6) is -0.723. The molecule has 0 unspecified atom stereocenters. The number of anilines is 1. The van der Waals surface area contributed by atoms with Crippen LogP contribution in [0, 0.1) is 5.82 Å². The van der Waals surface area contributed by atoms with Crippen molar-refractivity contribution in [1.82, 2.24) is 0 Å². The summed E-state index contributed by atoms with van der Waals surface area (Å²) in [7, 11) is -3.50. The Morgan fingerprint density at radius 2 is 1.93 bits per heavy atom. The first-order chi connectivity index (χ1) is 14.2. The van der Waals surface area contributed by atoms with E-state index in [1.807, 2.05) is 13.0 Å². The van der Waals surface area contributed by atoms with Crippen LogP contribution in [0.25, 0.3) is 27.9 Å². The SMILES string of the molecule is CCOC(=O)c1c(-c2ccc(F)cc2)oc2cc3c(cc12)C(C)=CCN3S(C)(=O)=O. The van der Waals surface area contributed by atoms with Crippen molar-refractivity contribution in [3.8, 4) is 11.3 Å². The second kappa shape index (κ2) is 7.28. The molecule has 2 heterocycles. The minimum atomic E-state index is -3.50. The van der Waals surface area contributed by atoms with E-state index >= 15 is 0 Å². The van der Waals surface area contributed by atoms with Crippen LogP contribution in [0.2, 0.25) is 0 Å². The molecule has 3 aromatic rings. The summed E-state index contributed by atoms with van der Waals surface area (Å²) in [4.78, 5) is 12.8. The highest BCUT2D eigenvalue weighted by molar-refractivity contribution is 7.92. The van der Waals surface area contributed by atoms with Gasteiger partial charge < -0.3 is 9.15 Å². The summed E-state index contributed by atoms with van der Waals surface area (Å²) in [5.41, 5.74) is 3.16. The van der Waals surface area contributed by atoms with Gasteiger partial charge in [-0.15, -0.1) is 0 Å². The standard InChI is InChI=1S/C22H20FNO5S/c1-4-28-22(25)20-17-11-16-13(2)9-10-24(30(3,26)27)18(16)12-19(17)29-21(20)14-5-7-15(23)8-6-14/h5-9,11-12H,4,10H2,1-3H3. The van der Waals surface area contributed by atoms with Crippen LogP contribution in [0.3, 0.4) is 0 Å². The van der Waals surface area contributed by atoms with E-state index in [0.29, 0.717) is 27.8 Å². The Bertz CT molecular complexity index is 1290. The number of allylic oxidation sites excluding steroid dienone is 1. The lowest BCUT2D eigenvalue weighted by atomic mass is 9.97. The van der Waals surface area contributed by atoms with Crippen LogP contribution >= 0.6 is 0 Å². The van der Waals surface area contributed by atoms with E-state index in [0.717, 1.165) is 11.8 Å². The zero-order valence-electron chi connectivity index (χ0n) is 16.7. The van der Waals surface area contributed by atoms with Crippen LogP contribution in [0.15, 0.2) is 46.9 Å². The number of hydrogen-bond acceptors (Lipinski definition) is 5. The molecule has 4 rings (SSSR count). The normalized spacial score (nSPS) is 13.9. The third-order valence-electron chi connectivity index (χ3n) is 5.05. The van der Waals surface area contributed by atoms with Crippen molar-refractivity contribution in [1.29, 1.82) is 0 Å². The number of nitrogens with zero attached hydrogens (tertiary/aromatic N) is 1. The zero-order chi connectivity index (χ0) is 21.6. The molecule has 0 saturated heterocycles. The Labute approximate surface area is 173 Å². The summed E-state index contributed by atoms with van der Waals surface area (Å²) in [5, 5.41) is 0.509. The van der Waals surface area contributed by atoms with Gasteiger partial charge in [-0.1, -0.05) is 6.08 Å². The monoisotopic (exact) mass is 429 g/mol. The summed E-state index contributed by atoms with van der Waals surface area (Å²) < 4.78 is 50.4. The molecule has 0 spiro atoms. The average molecular weight is 429 g/mol. The molecule has 0 atom stereocenters. The second-order valence-electron chi connectivity index (χ2n) is 7.08. The van der Waals surface area contributed by atoms with Gasteiger partial charge in [-0.3, -0.25) is 4.31 Å². The Morgan fingerprint density at radius 3 is 2.57 bits per heavy atom. The molecule has 0 aliphatic carbocycles. The molecule has 1 aliphatic rings. The molecule has 0 fully saturated rings. The van der Waals surface area contributed by atoms with Crippen molar-refractivity contribution in [2.45, 2.75) is 13.8 Å². The van der Waals surface area contributed by atoms with Gasteiger partial charge in [0.1, 0.15) is 22.7 Å². The first kappa shape index (κ1) is 20.2. The number of furan rings is 1. The number of rotatable bonds is 4. The highest BCUT2D eigenvalue weighted by Gasteiger charge is 2.29. The van der Waals surface area contributed by atoms with E-state index in [9.17, 15) is 17.6 Å². The third-order valence-corrected chi connectivity index (χ3v) is 6.20. The molecule has 0 bridgehead atoms. The van der Waals surface area contributed by atoms with Gasteiger partial charge in [0.2, 0.25) is 10.0 Å². The lowest BCUT2D eigenvalue weighted by Gasteiger charge is -2.28. The molecule has 0 radical (unpaired) electrons. The summed E-state index contributed by atoms with van der Waals surface area (Å²) in [6, 6.07) is 8.96. The molecule has 0 amide bonds. The first-order valence-electron chi connectivity index (χ1n) is 9.39. The van der Waals surface area contributed by atoms with Gasteiger partial charge in [0.15, 0.2) is 0 Å². The Morgan fingerprint density at radius 1 is 1.23 bits per heavy atom. The molecule has 30 heavy (non-hydrogen) atoms. The molecule has 1 aliphatic heterocycles. The largest absolute Gasteiger partial charge is 0.462 e. The quantitative estimate of drug-likeness (QED) is 0.567. The van der Waals surface area contributed by atoms with Crippen LogP contribution in [0.5, 0.6) is 0 Å². The Hall–Kier alpha value is -3.13. The predicted molar refractivity (Wildman–Crippen MR) is 113 cm³/mol. The maximum atomic E-state index is 13.4. The van der Waals surface area contributed by atoms with Crippen molar-refractivity contribution < 1.29 is 26.8 Å². The van der Waals surface area contributed by atoms with Crippen LogP contribution < -0.4 is 4.31 Å². The summed E-state index contributed by atoms with van der Waals surface area (Å²) >= 11 is 0. The van der Waals surface area contributed by atoms with Crippen molar-refractivity contribution >= 4 is 38.2 Å². The van der Waals surface area contributed by atoms with Crippen molar-refractivity contribution in [2.75, 3.05) is 23.7 Å². The van der Waals surface area contributed by atoms with Gasteiger partial charge in [-0.05, 0) is 49.8 Å². The molecule has 0 N–H and O–H groups in total. The average Bonchev–Trinajstić information content (AvgIpc) is 3.05. The molecule has 8 heteroatoms. The fourth-order valence-corrected chi connectivity index (χ4v) is 4.46. The molecule has 1 aromatic heterocycles. The summed E-state index contributed by atoms with van der Waals surface area (Å²) in [6.07, 6.45) is 2.96. The predicted octanol–water partition coefficient (Wildman–Crippen LogP) is 4.60. The van der Waals surface area contributed by atoms with Gasteiger partial charge in [0, 0.05) is 22.6 Å². The number of benzene rings is 2. The maximum absolute atomic E-state index is 13.4. The number of fused-ring (bicyclic) bond motifs is 2. The van der Waals surface area contributed by atoms with Crippen LogP contribution in [-0.4, -0.2) is 33.8 Å². The number of sulfonamides is 1. The zero-order valence-corrected chi connectivity index (χ0v) is 17.5. The van der Waals surface area contributed by atoms with Gasteiger partial charge in [0.05, 0.1) is 25.1 Å². The lowest BCUT2D eigenvalue weighted by molar-refractivity contribution is 0.0528. The molecule has 0 saturated carbocycles. The second-order valence-corrected chi connectivity index (χ2v) is 8.99.